The Morgan fingerprint density at radius 2 is 1.84 bits per heavy atom. The van der Waals surface area contributed by atoms with Crippen LogP contribution in [0.3, 0.4) is 0 Å². The van der Waals surface area contributed by atoms with Gasteiger partial charge in [-0.2, -0.15) is 0 Å². The molecule has 2 nitrogen and oxygen atoms in total. The zero-order chi connectivity index (χ0) is 13.8. The third-order valence-electron chi connectivity index (χ3n) is 2.78. The van der Waals surface area contributed by atoms with E-state index in [0.29, 0.717) is 5.56 Å². The van der Waals surface area contributed by atoms with E-state index in [1.807, 2.05) is 0 Å². The minimum Gasteiger partial charge on any atom is -0.494 e. The number of ketones is 1. The van der Waals surface area contributed by atoms with Crippen molar-refractivity contribution in [2.45, 2.75) is 6.42 Å². The third-order valence-corrected chi connectivity index (χ3v) is 2.78. The molecule has 4 heteroatoms. The Kier molecular flexibility index (Phi) is 3.90. The van der Waals surface area contributed by atoms with E-state index in [9.17, 15) is 13.6 Å². The van der Waals surface area contributed by atoms with Crippen LogP contribution in [0.5, 0.6) is 5.75 Å². The summed E-state index contributed by atoms with van der Waals surface area (Å²) in [7, 11) is 1.35. The molecule has 0 saturated heterocycles. The van der Waals surface area contributed by atoms with Crippen LogP contribution >= 0.6 is 0 Å². The van der Waals surface area contributed by atoms with E-state index in [-0.39, 0.29) is 23.5 Å². The molecule has 0 aliphatic heterocycles. The summed E-state index contributed by atoms with van der Waals surface area (Å²) >= 11 is 0. The second-order valence-corrected chi connectivity index (χ2v) is 4.04. The van der Waals surface area contributed by atoms with Crippen LogP contribution in [0.1, 0.15) is 15.9 Å². The topological polar surface area (TPSA) is 26.3 Å². The molecule has 0 amide bonds. The molecule has 0 N–H and O–H groups in total. The fraction of sp³-hybridized carbons (Fsp3) is 0.133. The molecule has 2 aromatic rings. The number of carbonyl (C=O) groups excluding carboxylic acids is 1. The summed E-state index contributed by atoms with van der Waals surface area (Å²) in [5, 5.41) is 0. The molecule has 0 aliphatic rings. The molecule has 0 spiro atoms. The molecule has 0 atom stereocenters. The molecule has 0 unspecified atom stereocenters. The van der Waals surface area contributed by atoms with Gasteiger partial charge in [-0.3, -0.25) is 4.79 Å². The monoisotopic (exact) mass is 262 g/mol. The zero-order valence-corrected chi connectivity index (χ0v) is 10.3. The molecule has 0 aromatic heterocycles. The molecular weight excluding hydrogens is 250 g/mol. The first-order valence-electron chi connectivity index (χ1n) is 5.72. The van der Waals surface area contributed by atoms with Crippen LogP contribution in [0.4, 0.5) is 8.78 Å². The summed E-state index contributed by atoms with van der Waals surface area (Å²) in [6.45, 7) is 0. The highest BCUT2D eigenvalue weighted by Gasteiger charge is 2.12. The van der Waals surface area contributed by atoms with Crippen molar-refractivity contribution in [2.75, 3.05) is 7.11 Å². The van der Waals surface area contributed by atoms with Gasteiger partial charge < -0.3 is 4.74 Å². The van der Waals surface area contributed by atoms with Crippen molar-refractivity contribution in [3.63, 3.8) is 0 Å². The number of carbonyl (C=O) groups is 1. The minimum atomic E-state index is -0.609. The lowest BCUT2D eigenvalue weighted by atomic mass is 10.0. The second-order valence-electron chi connectivity index (χ2n) is 4.04. The molecule has 2 aromatic carbocycles. The number of benzene rings is 2. The van der Waals surface area contributed by atoms with Crippen LogP contribution in [0.2, 0.25) is 0 Å². The van der Waals surface area contributed by atoms with Crippen molar-refractivity contribution in [1.82, 2.24) is 0 Å². The smallest absolute Gasteiger partial charge is 0.167 e. The summed E-state index contributed by atoms with van der Waals surface area (Å²) in [5.74, 6) is -1.32. The van der Waals surface area contributed by atoms with E-state index in [0.717, 1.165) is 6.07 Å². The Balaban J connectivity index is 2.21. The van der Waals surface area contributed by atoms with E-state index in [1.54, 1.807) is 12.1 Å². The number of halogens is 2. The molecular formula is C15H12F2O2. The van der Waals surface area contributed by atoms with Crippen LogP contribution in [0, 0.1) is 11.6 Å². The Labute approximate surface area is 109 Å². The SMILES string of the molecule is COc1ccc(C(=O)Cc2ccccc2F)cc1F. The number of hydrogen-bond donors (Lipinski definition) is 0. The van der Waals surface area contributed by atoms with Gasteiger partial charge in [-0.1, -0.05) is 18.2 Å². The molecule has 0 heterocycles. The predicted octanol–water partition coefficient (Wildman–Crippen LogP) is 3.40. The van der Waals surface area contributed by atoms with Crippen molar-refractivity contribution in [3.05, 3.63) is 65.2 Å². The van der Waals surface area contributed by atoms with Crippen LogP contribution in [0.25, 0.3) is 0 Å². The van der Waals surface area contributed by atoms with E-state index < -0.39 is 11.6 Å². The molecule has 0 saturated carbocycles. The first-order valence-corrected chi connectivity index (χ1v) is 5.72. The molecule has 98 valence electrons. The number of Topliss-reactive ketones (excluding diaryl/α,β-unsaturated/α-hetero) is 1. The van der Waals surface area contributed by atoms with Gasteiger partial charge >= 0.3 is 0 Å². The quantitative estimate of drug-likeness (QED) is 0.789. The maximum absolute atomic E-state index is 13.5. The van der Waals surface area contributed by atoms with Crippen LogP contribution in [-0.2, 0) is 6.42 Å². The summed E-state index contributed by atoms with van der Waals surface area (Å²) in [4.78, 5) is 11.9. The van der Waals surface area contributed by atoms with Crippen molar-refractivity contribution < 1.29 is 18.3 Å². The lowest BCUT2D eigenvalue weighted by molar-refractivity contribution is 0.0991. The average molecular weight is 262 g/mol. The van der Waals surface area contributed by atoms with Crippen molar-refractivity contribution in [2.24, 2.45) is 0 Å². The standard InChI is InChI=1S/C15H12F2O2/c1-19-15-7-6-11(8-13(15)17)14(18)9-10-4-2-3-5-12(10)16/h2-8H,9H2,1H3. The summed E-state index contributed by atoms with van der Waals surface area (Å²) in [6.07, 6.45) is -0.0988. The van der Waals surface area contributed by atoms with Crippen molar-refractivity contribution in [3.8, 4) is 5.75 Å². The predicted molar refractivity (Wildman–Crippen MR) is 67.4 cm³/mol. The lowest BCUT2D eigenvalue weighted by Gasteiger charge is -2.05. The van der Waals surface area contributed by atoms with Gasteiger partial charge in [0.1, 0.15) is 5.82 Å². The van der Waals surface area contributed by atoms with Gasteiger partial charge in [0.25, 0.3) is 0 Å². The fourth-order valence-electron chi connectivity index (χ4n) is 1.76. The second kappa shape index (κ2) is 5.61. The first-order chi connectivity index (χ1) is 9.11. The summed E-state index contributed by atoms with van der Waals surface area (Å²) in [6, 6.07) is 9.97. The number of hydrogen-bond acceptors (Lipinski definition) is 2. The fourth-order valence-corrected chi connectivity index (χ4v) is 1.76. The number of methoxy groups -OCH3 is 1. The molecule has 0 bridgehead atoms. The lowest BCUT2D eigenvalue weighted by Crippen LogP contribution is -2.06. The maximum Gasteiger partial charge on any atom is 0.167 e. The van der Waals surface area contributed by atoms with Gasteiger partial charge in [0.05, 0.1) is 7.11 Å². The van der Waals surface area contributed by atoms with Crippen molar-refractivity contribution >= 4 is 5.78 Å². The maximum atomic E-state index is 13.5. The largest absolute Gasteiger partial charge is 0.494 e. The van der Waals surface area contributed by atoms with Crippen LogP contribution in [-0.4, -0.2) is 12.9 Å². The van der Waals surface area contributed by atoms with Gasteiger partial charge in [-0.15, -0.1) is 0 Å². The van der Waals surface area contributed by atoms with Gasteiger partial charge in [0.15, 0.2) is 17.3 Å². The summed E-state index contributed by atoms with van der Waals surface area (Å²) in [5.41, 5.74) is 0.491. The van der Waals surface area contributed by atoms with Crippen LogP contribution in [0.15, 0.2) is 42.5 Å². The summed E-state index contributed by atoms with van der Waals surface area (Å²) < 4.78 is 31.7. The molecule has 0 radical (unpaired) electrons. The van der Waals surface area contributed by atoms with Gasteiger partial charge in [0, 0.05) is 12.0 Å². The molecule has 2 rings (SSSR count). The Morgan fingerprint density at radius 1 is 1.11 bits per heavy atom. The highest BCUT2D eigenvalue weighted by Crippen LogP contribution is 2.19. The van der Waals surface area contributed by atoms with Crippen LogP contribution < -0.4 is 4.74 Å². The Morgan fingerprint density at radius 3 is 2.47 bits per heavy atom. The number of ether oxygens (including phenoxy) is 1. The highest BCUT2D eigenvalue weighted by molar-refractivity contribution is 5.97. The Hall–Kier alpha value is -2.23. The van der Waals surface area contributed by atoms with Gasteiger partial charge in [0.2, 0.25) is 0 Å². The first kappa shape index (κ1) is 13.2. The average Bonchev–Trinajstić information content (AvgIpc) is 2.41. The Bertz CT molecular complexity index is 609. The third kappa shape index (κ3) is 2.96. The molecule has 0 fully saturated rings. The number of rotatable bonds is 4. The van der Waals surface area contributed by atoms with Gasteiger partial charge in [-0.25, -0.2) is 8.78 Å². The zero-order valence-electron chi connectivity index (χ0n) is 10.3. The minimum absolute atomic E-state index is 0.0717. The van der Waals surface area contributed by atoms with E-state index >= 15 is 0 Å². The van der Waals surface area contributed by atoms with E-state index in [2.05, 4.69) is 0 Å². The van der Waals surface area contributed by atoms with Crippen molar-refractivity contribution in [1.29, 1.82) is 0 Å². The molecule has 0 aliphatic carbocycles. The van der Waals surface area contributed by atoms with E-state index in [4.69, 9.17) is 4.74 Å². The van der Waals surface area contributed by atoms with E-state index in [1.165, 1.54) is 31.4 Å². The van der Waals surface area contributed by atoms with Gasteiger partial charge in [-0.05, 0) is 29.8 Å². The highest BCUT2D eigenvalue weighted by atomic mass is 19.1. The normalized spacial score (nSPS) is 10.3. The molecule has 19 heavy (non-hydrogen) atoms.